The molecule has 0 fully saturated rings. The molecule has 62 valence electrons. The first-order valence-electron chi connectivity index (χ1n) is 3.48. The van der Waals surface area contributed by atoms with Crippen molar-refractivity contribution in [3.8, 4) is 6.07 Å². The maximum atomic E-state index is 8.64. The lowest BCUT2D eigenvalue weighted by atomic mass is 10.1. The highest BCUT2D eigenvalue weighted by molar-refractivity contribution is 9.12. The highest BCUT2D eigenvalue weighted by Gasteiger charge is 2.15. The topological polar surface area (TPSA) is 23.8 Å². The van der Waals surface area contributed by atoms with Crippen molar-refractivity contribution in [3.63, 3.8) is 0 Å². The minimum Gasteiger partial charge on any atom is -0.197 e. The van der Waals surface area contributed by atoms with Gasteiger partial charge in [-0.05, 0) is 5.56 Å². The van der Waals surface area contributed by atoms with Crippen molar-refractivity contribution in [3.05, 3.63) is 35.9 Å². The third kappa shape index (κ3) is 2.33. The van der Waals surface area contributed by atoms with Crippen LogP contribution in [0.3, 0.4) is 0 Å². The van der Waals surface area contributed by atoms with E-state index in [2.05, 4.69) is 37.9 Å². The fraction of sp³-hybridized carbons (Fsp3) is 0.222. The minimum atomic E-state index is -0.181. The maximum absolute atomic E-state index is 8.64. The summed E-state index contributed by atoms with van der Waals surface area (Å²) in [7, 11) is 0. The predicted molar refractivity (Wildman–Crippen MR) is 56.4 cm³/mol. The first-order valence-corrected chi connectivity index (χ1v) is 5.31. The van der Waals surface area contributed by atoms with E-state index in [1.165, 1.54) is 0 Å². The number of rotatable bonds is 2. The molecule has 3 heteroatoms. The lowest BCUT2D eigenvalue weighted by Gasteiger charge is -2.09. The van der Waals surface area contributed by atoms with Gasteiger partial charge in [-0.3, -0.25) is 0 Å². The molecule has 12 heavy (non-hydrogen) atoms. The molecule has 0 bridgehead atoms. The van der Waals surface area contributed by atoms with E-state index < -0.39 is 0 Å². The second-order valence-electron chi connectivity index (χ2n) is 2.34. The lowest BCUT2D eigenvalue weighted by Crippen LogP contribution is -2.02. The van der Waals surface area contributed by atoms with E-state index in [1.54, 1.807) is 0 Å². The fourth-order valence-corrected chi connectivity index (χ4v) is 1.60. The summed E-state index contributed by atoms with van der Waals surface area (Å²) in [4.78, 5) is -0.122. The van der Waals surface area contributed by atoms with Gasteiger partial charge in [0.25, 0.3) is 0 Å². The van der Waals surface area contributed by atoms with Crippen LogP contribution in [0.5, 0.6) is 0 Å². The van der Waals surface area contributed by atoms with Gasteiger partial charge in [0.05, 0.1) is 10.9 Å². The lowest BCUT2D eigenvalue weighted by molar-refractivity contribution is 1.03. The number of benzene rings is 1. The Morgan fingerprint density at radius 3 is 2.25 bits per heavy atom. The van der Waals surface area contributed by atoms with Crippen LogP contribution >= 0.6 is 31.9 Å². The van der Waals surface area contributed by atoms with E-state index in [1.807, 2.05) is 30.3 Å². The molecule has 0 saturated carbocycles. The standard InChI is InChI=1S/C9H7Br2N/c10-8(6-12)9(11)7-4-2-1-3-5-7/h1-5,8-9H/t8-,9+/m1/s1. The van der Waals surface area contributed by atoms with Gasteiger partial charge in [0, 0.05) is 0 Å². The number of nitriles is 1. The Morgan fingerprint density at radius 1 is 1.17 bits per heavy atom. The zero-order valence-corrected chi connectivity index (χ0v) is 9.42. The Kier molecular flexibility index (Phi) is 3.77. The van der Waals surface area contributed by atoms with Crippen molar-refractivity contribution in [2.75, 3.05) is 0 Å². The fourth-order valence-electron chi connectivity index (χ4n) is 0.871. The van der Waals surface area contributed by atoms with Crippen molar-refractivity contribution in [2.24, 2.45) is 0 Å². The van der Waals surface area contributed by atoms with Crippen LogP contribution < -0.4 is 0 Å². The summed E-state index contributed by atoms with van der Waals surface area (Å²) >= 11 is 6.71. The summed E-state index contributed by atoms with van der Waals surface area (Å²) in [5.74, 6) is 0. The van der Waals surface area contributed by atoms with Crippen LogP contribution in [0.25, 0.3) is 0 Å². The van der Waals surface area contributed by atoms with Crippen LogP contribution in [0.4, 0.5) is 0 Å². The molecule has 2 atom stereocenters. The molecular weight excluding hydrogens is 282 g/mol. The van der Waals surface area contributed by atoms with E-state index in [4.69, 9.17) is 5.26 Å². The third-order valence-corrected chi connectivity index (χ3v) is 4.00. The summed E-state index contributed by atoms with van der Waals surface area (Å²) in [6, 6.07) is 12.0. The molecule has 1 nitrogen and oxygen atoms in total. The molecule has 0 unspecified atom stereocenters. The van der Waals surface area contributed by atoms with Crippen molar-refractivity contribution in [1.29, 1.82) is 5.26 Å². The average molecular weight is 289 g/mol. The molecule has 0 saturated heterocycles. The normalized spacial score (nSPS) is 14.8. The van der Waals surface area contributed by atoms with Gasteiger partial charge in [0.1, 0.15) is 4.83 Å². The van der Waals surface area contributed by atoms with Gasteiger partial charge in [-0.2, -0.15) is 5.26 Å². The minimum absolute atomic E-state index is 0.0590. The summed E-state index contributed by atoms with van der Waals surface area (Å²) in [6.45, 7) is 0. The van der Waals surface area contributed by atoms with Crippen molar-refractivity contribution < 1.29 is 0 Å². The molecule has 0 spiro atoms. The van der Waals surface area contributed by atoms with E-state index in [-0.39, 0.29) is 9.65 Å². The molecule has 1 rings (SSSR count). The Morgan fingerprint density at radius 2 is 1.75 bits per heavy atom. The zero-order chi connectivity index (χ0) is 8.97. The summed E-state index contributed by atoms with van der Waals surface area (Å²) in [5, 5.41) is 8.64. The second kappa shape index (κ2) is 4.64. The first-order chi connectivity index (χ1) is 5.75. The van der Waals surface area contributed by atoms with Crippen LogP contribution in [0.15, 0.2) is 30.3 Å². The quantitative estimate of drug-likeness (QED) is 0.765. The highest BCUT2D eigenvalue weighted by atomic mass is 79.9. The smallest absolute Gasteiger partial charge is 0.118 e. The Balaban J connectivity index is 2.80. The van der Waals surface area contributed by atoms with E-state index in [0.29, 0.717) is 0 Å². The van der Waals surface area contributed by atoms with Gasteiger partial charge < -0.3 is 0 Å². The molecule has 0 heterocycles. The monoisotopic (exact) mass is 287 g/mol. The molecule has 1 aromatic rings. The van der Waals surface area contributed by atoms with Crippen molar-refractivity contribution in [1.82, 2.24) is 0 Å². The zero-order valence-electron chi connectivity index (χ0n) is 6.24. The molecule has 0 radical (unpaired) electrons. The second-order valence-corrected chi connectivity index (χ2v) is 4.32. The number of halogens is 2. The maximum Gasteiger partial charge on any atom is 0.118 e. The van der Waals surface area contributed by atoms with Crippen LogP contribution in [-0.4, -0.2) is 4.83 Å². The van der Waals surface area contributed by atoms with E-state index >= 15 is 0 Å². The number of hydrogen-bond acceptors (Lipinski definition) is 1. The van der Waals surface area contributed by atoms with Crippen LogP contribution in [0.2, 0.25) is 0 Å². The molecule has 0 aliphatic heterocycles. The van der Waals surface area contributed by atoms with Gasteiger partial charge >= 0.3 is 0 Å². The Bertz CT molecular complexity index is 278. The van der Waals surface area contributed by atoms with Crippen molar-refractivity contribution in [2.45, 2.75) is 9.65 Å². The van der Waals surface area contributed by atoms with Crippen LogP contribution in [0, 0.1) is 11.3 Å². The number of nitrogens with zero attached hydrogens (tertiary/aromatic N) is 1. The highest BCUT2D eigenvalue weighted by Crippen LogP contribution is 2.30. The summed E-state index contributed by atoms with van der Waals surface area (Å²) in [6.07, 6.45) is 0. The largest absolute Gasteiger partial charge is 0.197 e. The summed E-state index contributed by atoms with van der Waals surface area (Å²) < 4.78 is 0. The third-order valence-electron chi connectivity index (χ3n) is 1.50. The van der Waals surface area contributed by atoms with Gasteiger partial charge in [-0.15, -0.1) is 0 Å². The molecular formula is C9H7Br2N. The number of alkyl halides is 2. The average Bonchev–Trinajstić information content (AvgIpc) is 2.17. The van der Waals surface area contributed by atoms with E-state index in [0.717, 1.165) is 5.56 Å². The molecule has 0 N–H and O–H groups in total. The van der Waals surface area contributed by atoms with Crippen LogP contribution in [0.1, 0.15) is 10.4 Å². The van der Waals surface area contributed by atoms with E-state index in [9.17, 15) is 0 Å². The number of hydrogen-bond donors (Lipinski definition) is 0. The SMILES string of the molecule is N#C[C@@H](Br)[C@@H](Br)c1ccccc1. The molecule has 0 aliphatic rings. The van der Waals surface area contributed by atoms with Gasteiger partial charge in [0.15, 0.2) is 0 Å². The predicted octanol–water partition coefficient (Wildman–Crippen LogP) is 3.41. The summed E-state index contributed by atoms with van der Waals surface area (Å²) in [5.41, 5.74) is 1.11. The molecule has 0 aromatic heterocycles. The Labute approximate surface area is 88.7 Å². The molecule has 1 aromatic carbocycles. The van der Waals surface area contributed by atoms with Crippen LogP contribution in [-0.2, 0) is 0 Å². The Hall–Kier alpha value is -0.330. The van der Waals surface area contributed by atoms with Gasteiger partial charge in [-0.1, -0.05) is 62.2 Å². The van der Waals surface area contributed by atoms with Crippen molar-refractivity contribution >= 4 is 31.9 Å². The van der Waals surface area contributed by atoms with Gasteiger partial charge in [0.2, 0.25) is 0 Å². The first kappa shape index (κ1) is 9.76. The molecule has 0 amide bonds. The molecule has 0 aliphatic carbocycles. The van der Waals surface area contributed by atoms with Gasteiger partial charge in [-0.25, -0.2) is 0 Å².